The lowest BCUT2D eigenvalue weighted by Gasteiger charge is -2.24. The number of hydrogen-bond donors (Lipinski definition) is 2. The molecule has 1 heterocycles. The van der Waals surface area contributed by atoms with Crippen LogP contribution in [0.2, 0.25) is 0 Å². The summed E-state index contributed by atoms with van der Waals surface area (Å²) >= 11 is 0. The van der Waals surface area contributed by atoms with E-state index in [1.54, 1.807) is 0 Å². The first-order chi connectivity index (χ1) is 8.80. The Bertz CT molecular complexity index is 525. The van der Waals surface area contributed by atoms with Crippen molar-refractivity contribution in [3.63, 3.8) is 0 Å². The number of nitrogens with zero attached hydrogens (tertiary/aromatic N) is 1. The number of phenols is 1. The monoisotopic (exact) mass is 261 g/mol. The van der Waals surface area contributed by atoms with Gasteiger partial charge in [0.05, 0.1) is 13.0 Å². The Hall–Kier alpha value is -1.35. The van der Waals surface area contributed by atoms with Gasteiger partial charge in [0.15, 0.2) is 5.84 Å². The second-order valence-corrected chi connectivity index (χ2v) is 6.49. The van der Waals surface area contributed by atoms with E-state index in [4.69, 9.17) is 0 Å². The first-order valence-corrected chi connectivity index (χ1v) is 6.99. The van der Waals surface area contributed by atoms with Crippen LogP contribution in [0.3, 0.4) is 0 Å². The van der Waals surface area contributed by atoms with Gasteiger partial charge >= 0.3 is 0 Å². The molecule has 2 rings (SSSR count). The maximum Gasteiger partial charge on any atom is 0.199 e. The largest absolute Gasteiger partial charge is 0.507 e. The van der Waals surface area contributed by atoms with Crippen LogP contribution in [0.1, 0.15) is 43.0 Å². The number of aliphatic imine (C=N–C) groups is 1. The molecule has 0 fully saturated rings. The maximum atomic E-state index is 10.5. The Morgan fingerprint density at radius 2 is 2.00 bits per heavy atom. The molecule has 1 aliphatic rings. The number of phenolic OH excluding ortho intramolecular Hbond substituents is 1. The summed E-state index contributed by atoms with van der Waals surface area (Å²) in [5, 5.41) is 12.7. The molecule has 104 valence electrons. The van der Waals surface area contributed by atoms with Gasteiger partial charge in [0.1, 0.15) is 12.3 Å². The second kappa shape index (κ2) is 4.97. The van der Waals surface area contributed by atoms with Crippen molar-refractivity contribution in [2.24, 2.45) is 4.99 Å². The standard InChI is InChI=1S/C16H24N2O/c1-10-8-13(16(3,4)5)15(19)11(2)12(10)9-14-17-6-7-18-14/h8,19H,6-7,9H2,1-5H3,(H,17,18)/p+1. The number of nitrogens with two attached hydrogens (primary N) is 1. The van der Waals surface area contributed by atoms with Gasteiger partial charge in [0.25, 0.3) is 0 Å². The summed E-state index contributed by atoms with van der Waals surface area (Å²) in [4.78, 5) is 4.49. The Morgan fingerprint density at radius 1 is 1.32 bits per heavy atom. The van der Waals surface area contributed by atoms with E-state index in [2.05, 4.69) is 44.1 Å². The highest BCUT2D eigenvalue weighted by molar-refractivity contribution is 5.77. The molecule has 0 saturated carbocycles. The van der Waals surface area contributed by atoms with E-state index in [1.165, 1.54) is 11.1 Å². The number of amidine groups is 1. The number of rotatable bonds is 2. The number of hydrogen-bond acceptors (Lipinski definition) is 2. The van der Waals surface area contributed by atoms with Crippen molar-refractivity contribution in [2.75, 3.05) is 13.1 Å². The highest BCUT2D eigenvalue weighted by Gasteiger charge is 2.23. The van der Waals surface area contributed by atoms with Crippen molar-refractivity contribution in [1.82, 2.24) is 0 Å². The van der Waals surface area contributed by atoms with E-state index >= 15 is 0 Å². The fraction of sp³-hybridized carbons (Fsp3) is 0.562. The smallest absolute Gasteiger partial charge is 0.199 e. The average Bonchev–Trinajstić information content (AvgIpc) is 2.80. The van der Waals surface area contributed by atoms with Crippen LogP contribution in [-0.2, 0) is 11.8 Å². The minimum atomic E-state index is -0.0326. The highest BCUT2D eigenvalue weighted by atomic mass is 16.3. The van der Waals surface area contributed by atoms with Crippen molar-refractivity contribution < 1.29 is 10.4 Å². The van der Waals surface area contributed by atoms with Crippen LogP contribution in [0.5, 0.6) is 5.75 Å². The van der Waals surface area contributed by atoms with E-state index in [0.717, 1.165) is 36.5 Å². The average molecular weight is 261 g/mol. The summed E-state index contributed by atoms with van der Waals surface area (Å²) in [5.41, 5.74) is 4.48. The Morgan fingerprint density at radius 3 is 2.53 bits per heavy atom. The molecular formula is C16H25N2O+. The number of aryl methyl sites for hydroxylation is 1. The van der Waals surface area contributed by atoms with Crippen LogP contribution >= 0.6 is 0 Å². The van der Waals surface area contributed by atoms with E-state index in [9.17, 15) is 5.11 Å². The van der Waals surface area contributed by atoms with E-state index < -0.39 is 0 Å². The Kier molecular flexibility index (Phi) is 3.68. The van der Waals surface area contributed by atoms with Crippen LogP contribution in [-0.4, -0.2) is 24.0 Å². The Balaban J connectivity index is 2.43. The van der Waals surface area contributed by atoms with Crippen LogP contribution in [0.15, 0.2) is 11.1 Å². The molecule has 0 saturated heterocycles. The lowest BCUT2D eigenvalue weighted by Crippen LogP contribution is -2.86. The Labute approximate surface area is 115 Å². The summed E-state index contributed by atoms with van der Waals surface area (Å²) in [6.45, 7) is 12.5. The SMILES string of the molecule is Cc1cc(C(C)(C)C)c(O)c(C)c1CC1=NCC[NH2+]1. The molecule has 3 nitrogen and oxygen atoms in total. The van der Waals surface area contributed by atoms with Crippen LogP contribution in [0, 0.1) is 13.8 Å². The first-order valence-electron chi connectivity index (χ1n) is 6.99. The quantitative estimate of drug-likeness (QED) is 0.838. The number of quaternary nitrogens is 1. The summed E-state index contributed by atoms with van der Waals surface area (Å²) in [6, 6.07) is 2.13. The van der Waals surface area contributed by atoms with Gasteiger partial charge in [-0.1, -0.05) is 26.8 Å². The van der Waals surface area contributed by atoms with E-state index in [-0.39, 0.29) is 5.41 Å². The van der Waals surface area contributed by atoms with Gasteiger partial charge in [-0.15, -0.1) is 0 Å². The molecule has 3 heteroatoms. The fourth-order valence-electron chi connectivity index (χ4n) is 2.67. The summed E-state index contributed by atoms with van der Waals surface area (Å²) in [7, 11) is 0. The van der Waals surface area contributed by atoms with Crippen molar-refractivity contribution >= 4 is 5.84 Å². The molecule has 0 radical (unpaired) electrons. The van der Waals surface area contributed by atoms with Gasteiger partial charge in [-0.05, 0) is 41.5 Å². The zero-order valence-corrected chi connectivity index (χ0v) is 12.7. The van der Waals surface area contributed by atoms with Gasteiger partial charge in [0, 0.05) is 0 Å². The lowest BCUT2D eigenvalue weighted by atomic mass is 9.82. The minimum Gasteiger partial charge on any atom is -0.507 e. The van der Waals surface area contributed by atoms with Crippen molar-refractivity contribution in [3.8, 4) is 5.75 Å². The molecule has 1 aliphatic heterocycles. The molecule has 0 aromatic heterocycles. The lowest BCUT2D eigenvalue weighted by molar-refractivity contribution is -0.529. The molecule has 1 aromatic rings. The molecule has 0 aliphatic carbocycles. The van der Waals surface area contributed by atoms with Crippen LogP contribution in [0.25, 0.3) is 0 Å². The molecular weight excluding hydrogens is 236 g/mol. The topological polar surface area (TPSA) is 49.2 Å². The maximum absolute atomic E-state index is 10.5. The van der Waals surface area contributed by atoms with Gasteiger partial charge in [-0.3, -0.25) is 5.32 Å². The summed E-state index contributed by atoms with van der Waals surface area (Å²) in [5.74, 6) is 1.61. The molecule has 0 bridgehead atoms. The van der Waals surface area contributed by atoms with Gasteiger partial charge < -0.3 is 5.11 Å². The van der Waals surface area contributed by atoms with Gasteiger partial charge in [-0.25, -0.2) is 4.99 Å². The van der Waals surface area contributed by atoms with Crippen molar-refractivity contribution in [1.29, 1.82) is 0 Å². The predicted molar refractivity (Wildman–Crippen MR) is 79.1 cm³/mol. The number of benzene rings is 1. The van der Waals surface area contributed by atoms with Crippen LogP contribution in [0.4, 0.5) is 0 Å². The van der Waals surface area contributed by atoms with Crippen molar-refractivity contribution in [2.45, 2.75) is 46.5 Å². The molecule has 19 heavy (non-hydrogen) atoms. The third kappa shape index (κ3) is 2.81. The number of aromatic hydroxyl groups is 1. The highest BCUT2D eigenvalue weighted by Crippen LogP contribution is 2.36. The zero-order valence-electron chi connectivity index (χ0n) is 12.7. The molecule has 3 N–H and O–H groups in total. The molecule has 0 amide bonds. The third-order valence-electron chi connectivity index (χ3n) is 3.89. The van der Waals surface area contributed by atoms with E-state index in [0.29, 0.717) is 5.75 Å². The van der Waals surface area contributed by atoms with E-state index in [1.807, 2.05) is 6.92 Å². The van der Waals surface area contributed by atoms with Gasteiger partial charge in [-0.2, -0.15) is 0 Å². The van der Waals surface area contributed by atoms with Crippen LogP contribution < -0.4 is 5.32 Å². The summed E-state index contributed by atoms with van der Waals surface area (Å²) in [6.07, 6.45) is 0.843. The summed E-state index contributed by atoms with van der Waals surface area (Å²) < 4.78 is 0. The molecule has 0 atom stereocenters. The van der Waals surface area contributed by atoms with Gasteiger partial charge in [0.2, 0.25) is 0 Å². The molecule has 1 aromatic carbocycles. The first kappa shape index (κ1) is 14.1. The molecule has 0 unspecified atom stereocenters. The third-order valence-corrected chi connectivity index (χ3v) is 3.89. The fourth-order valence-corrected chi connectivity index (χ4v) is 2.67. The minimum absolute atomic E-state index is 0.0326. The normalized spacial score (nSPS) is 15.7. The zero-order chi connectivity index (χ0) is 14.2. The predicted octanol–water partition coefficient (Wildman–Crippen LogP) is 1.82. The molecule has 0 spiro atoms. The second-order valence-electron chi connectivity index (χ2n) is 6.49. The van der Waals surface area contributed by atoms with Crippen molar-refractivity contribution in [3.05, 3.63) is 28.3 Å².